The van der Waals surface area contributed by atoms with Crippen molar-refractivity contribution in [3.63, 3.8) is 0 Å². The zero-order chi connectivity index (χ0) is 26.1. The molecular weight excluding hydrogens is 541 g/mol. The molecule has 0 bridgehead atoms. The molecule has 0 atom stereocenters. The van der Waals surface area contributed by atoms with Crippen LogP contribution in [0.25, 0.3) is 10.4 Å². The Morgan fingerprint density at radius 1 is 1.03 bits per heavy atom. The second-order valence-corrected chi connectivity index (χ2v) is 12.5. The molecule has 3 N–H and O–H groups in total. The number of carbonyl (C=O) groups is 3. The van der Waals surface area contributed by atoms with Gasteiger partial charge in [-0.15, -0.1) is 4.89 Å². The average molecular weight is 565 g/mol. The molecule has 0 radical (unpaired) electrons. The molecule has 8 nitrogen and oxygen atoms in total. The molecule has 0 aliphatic rings. The summed E-state index contributed by atoms with van der Waals surface area (Å²) in [6, 6.07) is 15.2. The van der Waals surface area contributed by atoms with Crippen molar-refractivity contribution in [2.45, 2.75) is 31.4 Å². The van der Waals surface area contributed by atoms with Gasteiger partial charge in [-0.2, -0.15) is 0 Å². The van der Waals surface area contributed by atoms with E-state index >= 15 is 0 Å². The van der Waals surface area contributed by atoms with E-state index < -0.39 is 16.7 Å². The lowest BCUT2D eigenvalue weighted by Crippen LogP contribution is -2.37. The number of benzene rings is 2. The topological polar surface area (TPSA) is 114 Å². The molecule has 2 aromatic carbocycles. The minimum atomic E-state index is -0.674. The number of rotatable bonds is 11. The third-order valence-electron chi connectivity index (χ3n) is 4.73. The van der Waals surface area contributed by atoms with E-state index in [0.717, 1.165) is 26.2 Å². The van der Waals surface area contributed by atoms with Crippen LogP contribution in [0.15, 0.2) is 54.6 Å². The van der Waals surface area contributed by atoms with Gasteiger partial charge in [-0.3, -0.25) is 9.59 Å². The van der Waals surface area contributed by atoms with Gasteiger partial charge in [0, 0.05) is 22.6 Å². The summed E-state index contributed by atoms with van der Waals surface area (Å²) in [5.74, 6) is -1.26. The molecular formula is C24H24N2O6S4. The van der Waals surface area contributed by atoms with E-state index in [0.29, 0.717) is 5.75 Å². The van der Waals surface area contributed by atoms with Gasteiger partial charge in [-0.1, -0.05) is 45.0 Å². The molecule has 1 heterocycles. The van der Waals surface area contributed by atoms with Crippen molar-refractivity contribution in [2.24, 2.45) is 0 Å². The van der Waals surface area contributed by atoms with Crippen molar-refractivity contribution < 1.29 is 29.1 Å². The van der Waals surface area contributed by atoms with E-state index in [1.54, 1.807) is 34.6 Å². The van der Waals surface area contributed by atoms with Crippen LogP contribution in [0.5, 0.6) is 11.5 Å². The minimum absolute atomic E-state index is 0.0501. The van der Waals surface area contributed by atoms with Gasteiger partial charge in [0.05, 0.1) is 6.42 Å². The zero-order valence-corrected chi connectivity index (χ0v) is 22.7. The lowest BCUT2D eigenvalue weighted by molar-refractivity contribution is -0.136. The highest BCUT2D eigenvalue weighted by Crippen LogP contribution is 2.31. The van der Waals surface area contributed by atoms with Gasteiger partial charge in [-0.05, 0) is 73.8 Å². The number of esters is 2. The van der Waals surface area contributed by atoms with Crippen LogP contribution in [0.3, 0.4) is 0 Å². The van der Waals surface area contributed by atoms with E-state index in [1.807, 2.05) is 36.9 Å². The van der Waals surface area contributed by atoms with Gasteiger partial charge >= 0.3 is 11.9 Å². The molecule has 12 heteroatoms. The molecule has 0 fully saturated rings. The Morgan fingerprint density at radius 2 is 1.75 bits per heavy atom. The highest BCUT2D eigenvalue weighted by Gasteiger charge is 2.21. The molecule has 0 aliphatic carbocycles. The summed E-state index contributed by atoms with van der Waals surface area (Å²) < 4.78 is 11.2. The van der Waals surface area contributed by atoms with Crippen molar-refractivity contribution >= 4 is 62.7 Å². The Labute approximate surface area is 225 Å². The standard InChI is InChI=1S/C24H24N2O6S4/c1-24(2,36-26-30)14-25-20(27)11-12-21(28)32-18-6-4-3-5-17(18)23(29)31-16-9-7-15(8-10-16)19-13-22(33)35-34-19/h3-10,13,26,30H,11-12,14H2,1-2H3,(H,25,27). The Kier molecular flexibility index (Phi) is 10.2. The van der Waals surface area contributed by atoms with E-state index in [4.69, 9.17) is 26.9 Å². The van der Waals surface area contributed by atoms with Crippen molar-refractivity contribution in [3.05, 3.63) is 64.0 Å². The summed E-state index contributed by atoms with van der Waals surface area (Å²) >= 11 is 6.23. The van der Waals surface area contributed by atoms with Crippen LogP contribution in [0.2, 0.25) is 0 Å². The van der Waals surface area contributed by atoms with E-state index in [2.05, 4.69) is 5.32 Å². The van der Waals surface area contributed by atoms with E-state index in [-0.39, 0.29) is 36.6 Å². The summed E-state index contributed by atoms with van der Waals surface area (Å²) in [6.07, 6.45) is -0.249. The predicted octanol–water partition coefficient (Wildman–Crippen LogP) is 5.63. The molecule has 3 rings (SSSR count). The minimum Gasteiger partial charge on any atom is -0.426 e. The third-order valence-corrected chi connectivity index (χ3v) is 8.43. The van der Waals surface area contributed by atoms with Crippen LogP contribution < -0.4 is 19.7 Å². The molecule has 3 aromatic rings. The van der Waals surface area contributed by atoms with Crippen LogP contribution in [-0.2, 0) is 9.59 Å². The van der Waals surface area contributed by atoms with Crippen LogP contribution in [0, 0.1) is 3.82 Å². The number of nitrogens with one attached hydrogen (secondary N) is 2. The van der Waals surface area contributed by atoms with Crippen molar-refractivity contribution in [3.8, 4) is 21.9 Å². The van der Waals surface area contributed by atoms with Crippen LogP contribution >= 0.6 is 44.8 Å². The van der Waals surface area contributed by atoms with Gasteiger partial charge in [0.1, 0.15) is 20.9 Å². The molecule has 1 aromatic heterocycles. The SMILES string of the molecule is CC(C)(CNC(=O)CCC(=O)Oc1ccccc1C(=O)Oc1ccc(-c2cc(=S)ss2)cc1)SNO. The number of hydrogen-bond donors (Lipinski definition) is 3. The first-order chi connectivity index (χ1) is 17.2. The first kappa shape index (κ1) is 28.0. The van der Waals surface area contributed by atoms with Gasteiger partial charge in [-0.25, -0.2) is 4.79 Å². The lowest BCUT2D eigenvalue weighted by atomic mass is 10.2. The number of para-hydroxylation sites is 1. The summed E-state index contributed by atoms with van der Waals surface area (Å²) in [5.41, 5.74) is 1.06. The van der Waals surface area contributed by atoms with Crippen molar-refractivity contribution in [2.75, 3.05) is 6.54 Å². The van der Waals surface area contributed by atoms with Gasteiger partial charge < -0.3 is 20.0 Å². The third kappa shape index (κ3) is 8.50. The maximum absolute atomic E-state index is 12.8. The molecule has 0 saturated carbocycles. The van der Waals surface area contributed by atoms with E-state index in [1.165, 1.54) is 22.5 Å². The molecule has 1 amide bonds. The monoisotopic (exact) mass is 564 g/mol. The van der Waals surface area contributed by atoms with Gasteiger partial charge in [0.2, 0.25) is 5.91 Å². The quantitative estimate of drug-likeness (QED) is 0.0680. The average Bonchev–Trinajstić information content (AvgIpc) is 3.28. The van der Waals surface area contributed by atoms with E-state index in [9.17, 15) is 14.4 Å². The summed E-state index contributed by atoms with van der Waals surface area (Å²) in [6.45, 7) is 3.96. The Morgan fingerprint density at radius 3 is 2.42 bits per heavy atom. The fourth-order valence-electron chi connectivity index (χ4n) is 2.89. The lowest BCUT2D eigenvalue weighted by Gasteiger charge is -2.22. The first-order valence-electron chi connectivity index (χ1n) is 10.7. The smallest absolute Gasteiger partial charge is 0.347 e. The van der Waals surface area contributed by atoms with Crippen LogP contribution in [0.1, 0.15) is 37.0 Å². The maximum atomic E-state index is 12.8. The number of ether oxygens (including phenoxy) is 2. The normalized spacial score (nSPS) is 11.1. The molecule has 0 unspecified atom stereocenters. The highest BCUT2D eigenvalue weighted by molar-refractivity contribution is 7.98. The van der Waals surface area contributed by atoms with Crippen molar-refractivity contribution in [1.29, 1.82) is 0 Å². The number of hydrogen-bond acceptors (Lipinski definition) is 11. The molecule has 0 spiro atoms. The largest absolute Gasteiger partial charge is 0.426 e. The molecule has 0 aliphatic heterocycles. The van der Waals surface area contributed by atoms with Crippen molar-refractivity contribution in [1.82, 2.24) is 10.2 Å². The zero-order valence-electron chi connectivity index (χ0n) is 19.4. The predicted molar refractivity (Wildman–Crippen MR) is 144 cm³/mol. The molecule has 36 heavy (non-hydrogen) atoms. The second-order valence-electron chi connectivity index (χ2n) is 8.11. The molecule has 190 valence electrons. The maximum Gasteiger partial charge on any atom is 0.347 e. The van der Waals surface area contributed by atoms with Crippen LogP contribution in [0.4, 0.5) is 0 Å². The number of carbonyl (C=O) groups excluding carboxylic acids is 3. The highest BCUT2D eigenvalue weighted by atomic mass is 32.9. The van der Waals surface area contributed by atoms with Crippen LogP contribution in [-0.4, -0.2) is 34.3 Å². The fourth-order valence-corrected chi connectivity index (χ4v) is 5.69. The van der Waals surface area contributed by atoms with Gasteiger partial charge in [0.15, 0.2) is 0 Å². The second kappa shape index (κ2) is 13.1. The Bertz CT molecular complexity index is 1270. The molecule has 0 saturated heterocycles. The summed E-state index contributed by atoms with van der Waals surface area (Å²) in [4.78, 5) is 40.2. The summed E-state index contributed by atoms with van der Waals surface area (Å²) in [5, 5.41) is 11.5. The first-order valence-corrected chi connectivity index (χ1v) is 14.1. The Hall–Kier alpha value is -2.61. The fraction of sp³-hybridized carbons (Fsp3) is 0.250. The number of amides is 1. The Balaban J connectivity index is 1.55. The van der Waals surface area contributed by atoms with Gasteiger partial charge in [0.25, 0.3) is 0 Å². The summed E-state index contributed by atoms with van der Waals surface area (Å²) in [7, 11) is 3.11.